The highest BCUT2D eigenvalue weighted by Gasteiger charge is 2.55. The maximum Gasteiger partial charge on any atom is 0.226 e. The van der Waals surface area contributed by atoms with E-state index in [-0.39, 0.29) is 36.3 Å². The zero-order chi connectivity index (χ0) is 24.0. The van der Waals surface area contributed by atoms with E-state index in [1.54, 1.807) is 0 Å². The van der Waals surface area contributed by atoms with E-state index in [1.165, 1.54) is 12.8 Å². The number of hydrogen-bond acceptors (Lipinski definition) is 5. The first kappa shape index (κ1) is 24.7. The number of rotatable bonds is 8. The number of amides is 1. The van der Waals surface area contributed by atoms with Crippen molar-refractivity contribution in [3.05, 3.63) is 33.8 Å². The van der Waals surface area contributed by atoms with E-state index in [1.807, 2.05) is 19.1 Å². The third kappa shape index (κ3) is 5.98. The van der Waals surface area contributed by atoms with Crippen molar-refractivity contribution in [1.82, 2.24) is 9.80 Å². The van der Waals surface area contributed by atoms with E-state index in [4.69, 9.17) is 11.6 Å². The van der Waals surface area contributed by atoms with Crippen LogP contribution >= 0.6 is 11.6 Å². The Balaban J connectivity index is 1.35. The lowest BCUT2D eigenvalue weighted by molar-refractivity contribution is -0.145. The fourth-order valence-corrected chi connectivity index (χ4v) is 6.33. The Hall–Kier alpha value is -1.44. The number of halogens is 1. The molecule has 0 aromatic heterocycles. The summed E-state index contributed by atoms with van der Waals surface area (Å²) in [6.07, 6.45) is 6.16. The molecule has 1 atom stereocenters. The quantitative estimate of drug-likeness (QED) is 0.553. The Bertz CT molecular complexity index is 1040. The van der Waals surface area contributed by atoms with E-state index in [0.29, 0.717) is 16.3 Å². The Morgan fingerprint density at radius 3 is 2.42 bits per heavy atom. The van der Waals surface area contributed by atoms with Gasteiger partial charge in [-0.1, -0.05) is 11.6 Å². The molecule has 6 nitrogen and oxygen atoms in total. The monoisotopic (exact) mass is 494 g/mol. The summed E-state index contributed by atoms with van der Waals surface area (Å²) in [5, 5.41) is 0.586. The first-order valence-corrected chi connectivity index (χ1v) is 14.4. The molecule has 1 heterocycles. The summed E-state index contributed by atoms with van der Waals surface area (Å²) in [6, 6.07) is 3.94. The number of hydrogen-bond donors (Lipinski definition) is 0. The molecular formula is C25H35ClN2O4S. The fourth-order valence-electron chi connectivity index (χ4n) is 5.47. The average molecular weight is 495 g/mol. The van der Waals surface area contributed by atoms with Crippen molar-refractivity contribution in [2.45, 2.75) is 65.0 Å². The first-order valence-electron chi connectivity index (χ1n) is 11.9. The standard InChI is InChI=1S/C25H35ClN2O4S/c1-17-15-27(7-8-28(17)24(30)21-13-25(14-21)5-6-25)16-20-11-22(26)10-19(18(20)2)12-23(29)4-9-33(3,31)32/h10-11,17,21H,4-9,12-16H2,1-3H3/t17-/m0/s1. The average Bonchev–Trinajstić information content (AvgIpc) is 3.49. The van der Waals surface area contributed by atoms with Gasteiger partial charge in [0.1, 0.15) is 15.6 Å². The molecule has 3 aliphatic rings. The number of ketones is 1. The molecule has 2 aliphatic carbocycles. The van der Waals surface area contributed by atoms with E-state index in [9.17, 15) is 18.0 Å². The molecular weight excluding hydrogens is 460 g/mol. The predicted octanol–water partition coefficient (Wildman–Crippen LogP) is 3.42. The number of piperazine rings is 1. The van der Waals surface area contributed by atoms with Gasteiger partial charge in [0.2, 0.25) is 5.91 Å². The van der Waals surface area contributed by atoms with Crippen molar-refractivity contribution in [2.24, 2.45) is 11.3 Å². The highest BCUT2D eigenvalue weighted by molar-refractivity contribution is 7.90. The molecule has 33 heavy (non-hydrogen) atoms. The summed E-state index contributed by atoms with van der Waals surface area (Å²) < 4.78 is 22.7. The molecule has 2 saturated carbocycles. The molecule has 1 spiro atoms. The topological polar surface area (TPSA) is 74.8 Å². The van der Waals surface area contributed by atoms with Crippen LogP contribution in [0, 0.1) is 18.3 Å². The van der Waals surface area contributed by atoms with Crippen LogP contribution in [0.4, 0.5) is 0 Å². The molecule has 1 aromatic rings. The normalized spacial score (nSPS) is 22.9. The van der Waals surface area contributed by atoms with Crippen LogP contribution in [0.3, 0.4) is 0 Å². The molecule has 1 aromatic carbocycles. The van der Waals surface area contributed by atoms with Crippen LogP contribution in [-0.4, -0.2) is 67.6 Å². The number of benzene rings is 1. The van der Waals surface area contributed by atoms with Crippen LogP contribution in [0.15, 0.2) is 12.1 Å². The van der Waals surface area contributed by atoms with Gasteiger partial charge < -0.3 is 4.90 Å². The van der Waals surface area contributed by atoms with E-state index >= 15 is 0 Å². The van der Waals surface area contributed by atoms with Gasteiger partial charge in [-0.2, -0.15) is 0 Å². The molecule has 1 aliphatic heterocycles. The number of Topliss-reactive ketones (excluding diaryl/α,β-unsaturated/α-hetero) is 1. The van der Waals surface area contributed by atoms with Gasteiger partial charge in [-0.25, -0.2) is 8.42 Å². The Kier molecular flexibility index (Phi) is 6.96. The summed E-state index contributed by atoms with van der Waals surface area (Å²) in [5.41, 5.74) is 3.51. The summed E-state index contributed by atoms with van der Waals surface area (Å²) in [6.45, 7) is 7.24. The molecule has 182 valence electrons. The van der Waals surface area contributed by atoms with Gasteiger partial charge in [-0.15, -0.1) is 0 Å². The van der Waals surface area contributed by atoms with Crippen molar-refractivity contribution in [3.8, 4) is 0 Å². The molecule has 1 amide bonds. The predicted molar refractivity (Wildman–Crippen MR) is 130 cm³/mol. The van der Waals surface area contributed by atoms with Crippen molar-refractivity contribution in [1.29, 1.82) is 0 Å². The van der Waals surface area contributed by atoms with Crippen LogP contribution in [0.1, 0.15) is 55.7 Å². The Morgan fingerprint density at radius 1 is 1.15 bits per heavy atom. The van der Waals surface area contributed by atoms with E-state index in [0.717, 1.165) is 62.0 Å². The van der Waals surface area contributed by atoms with Gasteiger partial charge in [0.15, 0.2) is 0 Å². The maximum atomic E-state index is 13.0. The van der Waals surface area contributed by atoms with Crippen molar-refractivity contribution in [3.63, 3.8) is 0 Å². The molecule has 0 unspecified atom stereocenters. The zero-order valence-corrected chi connectivity index (χ0v) is 21.5. The van der Waals surface area contributed by atoms with Crippen LogP contribution in [-0.2, 0) is 32.4 Å². The van der Waals surface area contributed by atoms with Gasteiger partial charge in [0, 0.05) is 62.3 Å². The second-order valence-corrected chi connectivity index (χ2v) is 13.4. The number of nitrogens with zero attached hydrogens (tertiary/aromatic N) is 2. The minimum absolute atomic E-state index is 0.0235. The van der Waals surface area contributed by atoms with Crippen molar-refractivity contribution < 1.29 is 18.0 Å². The van der Waals surface area contributed by atoms with Gasteiger partial charge in [-0.3, -0.25) is 14.5 Å². The molecule has 3 fully saturated rings. The second kappa shape index (κ2) is 9.31. The minimum Gasteiger partial charge on any atom is -0.337 e. The van der Waals surface area contributed by atoms with Crippen LogP contribution in [0.2, 0.25) is 5.02 Å². The molecule has 8 heteroatoms. The SMILES string of the molecule is Cc1c(CC(=O)CCS(C)(=O)=O)cc(Cl)cc1CN1CCN(C(=O)C2CC3(CC3)C2)[C@@H](C)C1. The Labute approximate surface area is 202 Å². The summed E-state index contributed by atoms with van der Waals surface area (Å²) in [5.74, 6) is 0.357. The molecule has 0 N–H and O–H groups in total. The van der Waals surface area contributed by atoms with Crippen molar-refractivity contribution >= 4 is 33.1 Å². The number of carbonyl (C=O) groups is 2. The number of sulfone groups is 1. The molecule has 0 radical (unpaired) electrons. The third-order valence-electron chi connectivity index (χ3n) is 7.78. The lowest BCUT2D eigenvalue weighted by atomic mass is 9.71. The second-order valence-electron chi connectivity index (χ2n) is 10.7. The highest BCUT2D eigenvalue weighted by Crippen LogP contribution is 2.63. The summed E-state index contributed by atoms with van der Waals surface area (Å²) in [4.78, 5) is 29.7. The van der Waals surface area contributed by atoms with Gasteiger partial charge in [0.05, 0.1) is 5.75 Å². The molecule has 1 saturated heterocycles. The lowest BCUT2D eigenvalue weighted by Crippen LogP contribution is -2.56. The number of carbonyl (C=O) groups excluding carboxylic acids is 2. The van der Waals surface area contributed by atoms with Crippen molar-refractivity contribution in [2.75, 3.05) is 31.6 Å². The molecule has 0 bridgehead atoms. The third-order valence-corrected chi connectivity index (χ3v) is 8.94. The summed E-state index contributed by atoms with van der Waals surface area (Å²) in [7, 11) is -3.16. The van der Waals surface area contributed by atoms with Crippen LogP contribution in [0.5, 0.6) is 0 Å². The largest absolute Gasteiger partial charge is 0.337 e. The van der Waals surface area contributed by atoms with Crippen LogP contribution < -0.4 is 0 Å². The van der Waals surface area contributed by atoms with Gasteiger partial charge >= 0.3 is 0 Å². The smallest absolute Gasteiger partial charge is 0.226 e. The van der Waals surface area contributed by atoms with Gasteiger partial charge in [0.25, 0.3) is 0 Å². The molecule has 4 rings (SSSR count). The summed E-state index contributed by atoms with van der Waals surface area (Å²) >= 11 is 6.37. The lowest BCUT2D eigenvalue weighted by Gasteiger charge is -2.44. The first-order chi connectivity index (χ1) is 15.4. The maximum absolute atomic E-state index is 13.0. The Morgan fingerprint density at radius 2 is 1.82 bits per heavy atom. The zero-order valence-electron chi connectivity index (χ0n) is 19.9. The van der Waals surface area contributed by atoms with E-state index in [2.05, 4.69) is 16.7 Å². The highest BCUT2D eigenvalue weighted by atomic mass is 35.5. The van der Waals surface area contributed by atoms with Crippen LogP contribution in [0.25, 0.3) is 0 Å². The minimum atomic E-state index is -3.16. The van der Waals surface area contributed by atoms with Gasteiger partial charge in [-0.05, 0) is 73.8 Å². The fraction of sp³-hybridized carbons (Fsp3) is 0.680. The van der Waals surface area contributed by atoms with E-state index < -0.39 is 9.84 Å².